The van der Waals surface area contributed by atoms with Gasteiger partial charge in [0.15, 0.2) is 5.05 Å². The Balaban J connectivity index is 3.24. The summed E-state index contributed by atoms with van der Waals surface area (Å²) in [4.78, 5) is 9.93. The van der Waals surface area contributed by atoms with Gasteiger partial charge in [0.25, 0.3) is 0 Å². The number of ether oxygens (including phenoxy) is 2. The van der Waals surface area contributed by atoms with Gasteiger partial charge in [-0.15, -0.1) is 0 Å². The molecule has 0 atom stereocenters. The van der Waals surface area contributed by atoms with E-state index in [4.69, 9.17) is 9.84 Å². The lowest BCUT2D eigenvalue weighted by Gasteiger charge is -2.03. The topological polar surface area (TPSA) is 55.8 Å². The number of aliphatic carboxylic acids is 1. The van der Waals surface area contributed by atoms with E-state index in [2.05, 4.69) is 17.0 Å². The highest BCUT2D eigenvalue weighted by Crippen LogP contribution is 1.84. The lowest BCUT2D eigenvalue weighted by molar-refractivity contribution is -0.141. The van der Waals surface area contributed by atoms with Crippen molar-refractivity contribution in [3.8, 4) is 0 Å². The standard InChI is InChI=1S/C6H10O4S/c1-2-10-6(11)4-9-3-5(7)8/h2-4H2,1H3,(H,7,8). The zero-order valence-electron chi connectivity index (χ0n) is 6.20. The molecule has 0 spiro atoms. The molecule has 0 aromatic heterocycles. The Morgan fingerprint density at radius 1 is 1.55 bits per heavy atom. The van der Waals surface area contributed by atoms with Gasteiger partial charge >= 0.3 is 5.97 Å². The Hall–Kier alpha value is -0.680. The minimum absolute atomic E-state index is 0.0650. The molecule has 0 aromatic carbocycles. The first kappa shape index (κ1) is 10.3. The summed E-state index contributed by atoms with van der Waals surface area (Å²) in [5, 5.41) is 8.43. The van der Waals surface area contributed by atoms with Crippen molar-refractivity contribution >= 4 is 23.2 Å². The van der Waals surface area contributed by atoms with Crippen molar-refractivity contribution in [1.29, 1.82) is 0 Å². The summed E-state index contributed by atoms with van der Waals surface area (Å²) in [6.07, 6.45) is 0. The zero-order valence-corrected chi connectivity index (χ0v) is 7.02. The number of hydrogen-bond donors (Lipinski definition) is 1. The maximum Gasteiger partial charge on any atom is 0.329 e. The molecule has 0 saturated heterocycles. The van der Waals surface area contributed by atoms with Crippen molar-refractivity contribution in [3.63, 3.8) is 0 Å². The van der Waals surface area contributed by atoms with Crippen LogP contribution >= 0.6 is 12.2 Å². The molecule has 1 N–H and O–H groups in total. The molecule has 0 amide bonds. The number of hydrogen-bond acceptors (Lipinski definition) is 4. The Morgan fingerprint density at radius 3 is 2.64 bits per heavy atom. The van der Waals surface area contributed by atoms with E-state index in [1.54, 1.807) is 6.92 Å². The van der Waals surface area contributed by atoms with Gasteiger partial charge in [-0.3, -0.25) is 0 Å². The summed E-state index contributed by atoms with van der Waals surface area (Å²) in [5.41, 5.74) is 0. The average Bonchev–Trinajstić information content (AvgIpc) is 1.87. The summed E-state index contributed by atoms with van der Waals surface area (Å²) < 4.78 is 9.48. The van der Waals surface area contributed by atoms with Gasteiger partial charge in [-0.05, 0) is 19.1 Å². The van der Waals surface area contributed by atoms with Crippen molar-refractivity contribution in [3.05, 3.63) is 0 Å². The van der Waals surface area contributed by atoms with Crippen molar-refractivity contribution < 1.29 is 19.4 Å². The molecule has 4 nitrogen and oxygen atoms in total. The lowest BCUT2D eigenvalue weighted by Crippen LogP contribution is -2.14. The second kappa shape index (κ2) is 6.06. The van der Waals surface area contributed by atoms with Gasteiger partial charge in [-0.25, -0.2) is 4.79 Å². The van der Waals surface area contributed by atoms with Crippen LogP contribution in [0.5, 0.6) is 0 Å². The van der Waals surface area contributed by atoms with E-state index in [9.17, 15) is 4.79 Å². The minimum atomic E-state index is -1.01. The molecule has 0 aliphatic carbocycles. The number of carbonyl (C=O) groups is 1. The SMILES string of the molecule is CCOC(=S)COCC(=O)O. The van der Waals surface area contributed by atoms with Crippen LogP contribution in [-0.2, 0) is 14.3 Å². The van der Waals surface area contributed by atoms with Crippen LogP contribution in [0.4, 0.5) is 0 Å². The molecule has 0 aliphatic rings. The van der Waals surface area contributed by atoms with Gasteiger partial charge in [-0.2, -0.15) is 0 Å². The van der Waals surface area contributed by atoms with E-state index in [1.165, 1.54) is 0 Å². The van der Waals surface area contributed by atoms with Crippen molar-refractivity contribution in [2.75, 3.05) is 19.8 Å². The fraction of sp³-hybridized carbons (Fsp3) is 0.667. The highest BCUT2D eigenvalue weighted by Gasteiger charge is 1.99. The van der Waals surface area contributed by atoms with E-state index in [-0.39, 0.29) is 18.3 Å². The van der Waals surface area contributed by atoms with E-state index in [1.807, 2.05) is 0 Å². The van der Waals surface area contributed by atoms with Gasteiger partial charge in [0.05, 0.1) is 6.61 Å². The van der Waals surface area contributed by atoms with E-state index < -0.39 is 5.97 Å². The maximum atomic E-state index is 9.93. The van der Waals surface area contributed by atoms with Crippen molar-refractivity contribution in [2.45, 2.75) is 6.92 Å². The van der Waals surface area contributed by atoms with Crippen LogP contribution in [0.2, 0.25) is 0 Å². The summed E-state index contributed by atoms with van der Waals surface area (Å²) in [5.74, 6) is -1.01. The summed E-state index contributed by atoms with van der Waals surface area (Å²) in [6, 6.07) is 0. The third-order valence-corrected chi connectivity index (χ3v) is 0.986. The third kappa shape index (κ3) is 7.21. The van der Waals surface area contributed by atoms with Crippen LogP contribution in [0.25, 0.3) is 0 Å². The average molecular weight is 178 g/mol. The second-order valence-electron chi connectivity index (χ2n) is 1.69. The second-order valence-corrected chi connectivity index (χ2v) is 2.15. The molecule has 11 heavy (non-hydrogen) atoms. The van der Waals surface area contributed by atoms with Crippen LogP contribution < -0.4 is 0 Å². The molecular weight excluding hydrogens is 168 g/mol. The molecule has 0 bridgehead atoms. The molecule has 0 radical (unpaired) electrons. The van der Waals surface area contributed by atoms with E-state index in [0.717, 1.165) is 0 Å². The van der Waals surface area contributed by atoms with Crippen molar-refractivity contribution in [1.82, 2.24) is 0 Å². The van der Waals surface area contributed by atoms with Crippen LogP contribution in [0.3, 0.4) is 0 Å². The van der Waals surface area contributed by atoms with Gasteiger partial charge in [-0.1, -0.05) is 0 Å². The lowest BCUT2D eigenvalue weighted by atomic mass is 10.7. The molecule has 0 aromatic rings. The highest BCUT2D eigenvalue weighted by atomic mass is 32.1. The predicted octanol–water partition coefficient (Wildman–Crippen LogP) is 0.452. The molecule has 0 aliphatic heterocycles. The number of carboxylic acid groups (broad SMARTS) is 1. The fourth-order valence-corrected chi connectivity index (χ4v) is 0.626. The maximum absolute atomic E-state index is 9.93. The Bertz CT molecular complexity index is 146. The number of rotatable bonds is 5. The molecule has 0 fully saturated rings. The number of carboxylic acids is 1. The first-order chi connectivity index (χ1) is 5.16. The summed E-state index contributed by atoms with van der Waals surface area (Å²) >= 11 is 4.67. The first-order valence-electron chi connectivity index (χ1n) is 3.12. The van der Waals surface area contributed by atoms with Crippen LogP contribution in [-0.4, -0.2) is 35.9 Å². The molecule has 0 rings (SSSR count). The summed E-state index contributed by atoms with van der Waals surface area (Å²) in [6.45, 7) is 2.00. The molecule has 0 unspecified atom stereocenters. The monoisotopic (exact) mass is 178 g/mol. The summed E-state index contributed by atoms with van der Waals surface area (Å²) in [7, 11) is 0. The number of thiocarbonyl (C=S) groups is 1. The zero-order chi connectivity index (χ0) is 8.69. The van der Waals surface area contributed by atoms with Gasteiger partial charge in [0.2, 0.25) is 0 Å². The van der Waals surface area contributed by atoms with Crippen LogP contribution in [0.1, 0.15) is 6.92 Å². The molecule has 0 saturated carbocycles. The smallest absolute Gasteiger partial charge is 0.329 e. The van der Waals surface area contributed by atoms with Gasteiger partial charge in [0, 0.05) is 0 Å². The predicted molar refractivity (Wildman–Crippen MR) is 42.7 cm³/mol. The van der Waals surface area contributed by atoms with E-state index in [0.29, 0.717) is 6.61 Å². The van der Waals surface area contributed by atoms with Gasteiger partial charge in [0.1, 0.15) is 13.2 Å². The quantitative estimate of drug-likeness (QED) is 0.619. The normalized spacial score (nSPS) is 9.18. The Labute approximate surface area is 70.1 Å². The fourth-order valence-electron chi connectivity index (χ4n) is 0.424. The third-order valence-electron chi connectivity index (χ3n) is 0.751. The van der Waals surface area contributed by atoms with Gasteiger partial charge < -0.3 is 14.6 Å². The Morgan fingerprint density at radius 2 is 2.18 bits per heavy atom. The largest absolute Gasteiger partial charge is 0.485 e. The first-order valence-corrected chi connectivity index (χ1v) is 3.52. The molecule has 5 heteroatoms. The highest BCUT2D eigenvalue weighted by molar-refractivity contribution is 7.80. The Kier molecular flexibility index (Phi) is 5.68. The van der Waals surface area contributed by atoms with Crippen LogP contribution in [0.15, 0.2) is 0 Å². The van der Waals surface area contributed by atoms with E-state index >= 15 is 0 Å². The van der Waals surface area contributed by atoms with Crippen LogP contribution in [0, 0.1) is 0 Å². The molecule has 0 heterocycles. The molecular formula is C6H10O4S. The minimum Gasteiger partial charge on any atom is -0.485 e. The molecule has 64 valence electrons. The van der Waals surface area contributed by atoms with Crippen molar-refractivity contribution in [2.24, 2.45) is 0 Å².